The summed E-state index contributed by atoms with van der Waals surface area (Å²) in [7, 11) is 0. The van der Waals surface area contributed by atoms with Gasteiger partial charge in [0.1, 0.15) is 0 Å². The molecule has 1 aliphatic rings. The zero-order valence-electron chi connectivity index (χ0n) is 10.4. The van der Waals surface area contributed by atoms with E-state index in [9.17, 15) is 4.79 Å². The first-order valence-corrected chi connectivity index (χ1v) is 6.01. The third-order valence-corrected chi connectivity index (χ3v) is 3.15. The smallest absolute Gasteiger partial charge is 0.159 e. The maximum Gasteiger partial charge on any atom is 0.159 e. The highest BCUT2D eigenvalue weighted by Crippen LogP contribution is 2.27. The zero-order valence-corrected chi connectivity index (χ0v) is 10.4. The largest absolute Gasteiger partial charge is 0.360 e. The van der Waals surface area contributed by atoms with Crippen LogP contribution in [-0.2, 0) is 6.42 Å². The van der Waals surface area contributed by atoms with E-state index in [1.54, 1.807) is 6.92 Å². The number of benzene rings is 1. The van der Waals surface area contributed by atoms with Crippen molar-refractivity contribution in [3.63, 3.8) is 0 Å². The van der Waals surface area contributed by atoms with E-state index in [-0.39, 0.29) is 5.78 Å². The highest BCUT2D eigenvalue weighted by Gasteiger charge is 2.16. The molecule has 0 saturated carbocycles. The van der Waals surface area contributed by atoms with Gasteiger partial charge in [-0.1, -0.05) is 5.92 Å². The van der Waals surface area contributed by atoms with Crippen LogP contribution in [0.1, 0.15) is 36.2 Å². The van der Waals surface area contributed by atoms with E-state index in [1.807, 2.05) is 19.1 Å². The summed E-state index contributed by atoms with van der Waals surface area (Å²) in [4.78, 5) is 13.6. The summed E-state index contributed by atoms with van der Waals surface area (Å²) < 4.78 is 0. The fourth-order valence-corrected chi connectivity index (χ4v) is 2.23. The van der Waals surface area contributed by atoms with Gasteiger partial charge in [0.2, 0.25) is 0 Å². The van der Waals surface area contributed by atoms with Crippen LogP contribution in [0.25, 0.3) is 0 Å². The highest BCUT2D eigenvalue weighted by atomic mass is 16.1. The third-order valence-electron chi connectivity index (χ3n) is 3.15. The first kappa shape index (κ1) is 11.7. The van der Waals surface area contributed by atoms with Gasteiger partial charge in [0.25, 0.3) is 0 Å². The second-order valence-electron chi connectivity index (χ2n) is 4.35. The molecule has 2 rings (SSSR count). The molecule has 0 unspecified atom stereocenters. The molecule has 0 N–H and O–H groups in total. The van der Waals surface area contributed by atoms with Crippen molar-refractivity contribution in [3.05, 3.63) is 29.3 Å². The molecule has 0 saturated heterocycles. The summed E-state index contributed by atoms with van der Waals surface area (Å²) in [6, 6.07) is 6.00. The van der Waals surface area contributed by atoms with E-state index in [0.717, 1.165) is 31.5 Å². The minimum absolute atomic E-state index is 0.137. The Balaban J connectivity index is 2.31. The van der Waals surface area contributed by atoms with Gasteiger partial charge in [-0.2, -0.15) is 0 Å². The van der Waals surface area contributed by atoms with Crippen LogP contribution < -0.4 is 4.90 Å². The number of fused-ring (bicyclic) bond motifs is 1. The molecular formula is C15H17NO. The van der Waals surface area contributed by atoms with Gasteiger partial charge in [-0.3, -0.25) is 4.79 Å². The number of hydrogen-bond acceptors (Lipinski definition) is 2. The molecule has 0 radical (unpaired) electrons. The number of aryl methyl sites for hydroxylation is 1. The minimum Gasteiger partial charge on any atom is -0.360 e. The van der Waals surface area contributed by atoms with Gasteiger partial charge in [0.15, 0.2) is 5.78 Å². The topological polar surface area (TPSA) is 20.3 Å². The number of anilines is 1. The molecule has 17 heavy (non-hydrogen) atoms. The van der Waals surface area contributed by atoms with Gasteiger partial charge in [0, 0.05) is 17.8 Å². The molecule has 2 heteroatoms. The fourth-order valence-electron chi connectivity index (χ4n) is 2.23. The lowest BCUT2D eigenvalue weighted by atomic mass is 9.98. The van der Waals surface area contributed by atoms with Gasteiger partial charge in [0.05, 0.1) is 6.54 Å². The number of nitrogens with zero attached hydrogens (tertiary/aromatic N) is 1. The lowest BCUT2D eigenvalue weighted by Gasteiger charge is -2.29. The van der Waals surface area contributed by atoms with Crippen LogP contribution in [0.4, 0.5) is 5.69 Å². The summed E-state index contributed by atoms with van der Waals surface area (Å²) in [6.07, 6.45) is 2.20. The van der Waals surface area contributed by atoms with Crippen LogP contribution in [0.3, 0.4) is 0 Å². The maximum absolute atomic E-state index is 11.3. The molecule has 1 aliphatic heterocycles. The average Bonchev–Trinajstić information content (AvgIpc) is 2.35. The summed E-state index contributed by atoms with van der Waals surface area (Å²) in [5.74, 6) is 6.17. The second-order valence-corrected chi connectivity index (χ2v) is 4.35. The molecule has 88 valence electrons. The molecule has 0 amide bonds. The van der Waals surface area contributed by atoms with Crippen molar-refractivity contribution in [2.45, 2.75) is 26.7 Å². The maximum atomic E-state index is 11.3. The second kappa shape index (κ2) is 5.05. The Hall–Kier alpha value is -1.75. The lowest BCUT2D eigenvalue weighted by Crippen LogP contribution is -2.29. The molecule has 2 nitrogen and oxygen atoms in total. The van der Waals surface area contributed by atoms with Crippen molar-refractivity contribution >= 4 is 11.5 Å². The molecule has 0 aliphatic carbocycles. The number of ketones is 1. The molecule has 0 atom stereocenters. The van der Waals surface area contributed by atoms with Crippen LogP contribution >= 0.6 is 0 Å². The summed E-state index contributed by atoms with van der Waals surface area (Å²) >= 11 is 0. The highest BCUT2D eigenvalue weighted by molar-refractivity contribution is 5.94. The van der Waals surface area contributed by atoms with E-state index in [2.05, 4.69) is 22.8 Å². The predicted octanol–water partition coefficient (Wildman–Crippen LogP) is 2.67. The van der Waals surface area contributed by atoms with Crippen molar-refractivity contribution in [1.29, 1.82) is 0 Å². The fraction of sp³-hybridized carbons (Fsp3) is 0.400. The SMILES string of the molecule is CC#CCN1CCCc2cc(C(C)=O)ccc21. The Labute approximate surface area is 103 Å². The lowest BCUT2D eigenvalue weighted by molar-refractivity contribution is 0.101. The van der Waals surface area contributed by atoms with Gasteiger partial charge in [-0.25, -0.2) is 0 Å². The molecule has 0 fully saturated rings. The monoisotopic (exact) mass is 227 g/mol. The molecule has 0 aromatic heterocycles. The van der Waals surface area contributed by atoms with Crippen molar-refractivity contribution in [3.8, 4) is 11.8 Å². The molecule has 1 aromatic carbocycles. The Morgan fingerprint density at radius 1 is 1.47 bits per heavy atom. The van der Waals surface area contributed by atoms with Crippen LogP contribution in [-0.4, -0.2) is 18.9 Å². The van der Waals surface area contributed by atoms with Gasteiger partial charge < -0.3 is 4.90 Å². The van der Waals surface area contributed by atoms with Crippen LogP contribution in [0.2, 0.25) is 0 Å². The molecular weight excluding hydrogens is 210 g/mol. The molecule has 0 spiro atoms. The van der Waals surface area contributed by atoms with E-state index in [0.29, 0.717) is 0 Å². The number of carbonyl (C=O) groups excluding carboxylic acids is 1. The van der Waals surface area contributed by atoms with Crippen molar-refractivity contribution in [2.24, 2.45) is 0 Å². The average molecular weight is 227 g/mol. The Morgan fingerprint density at radius 3 is 3.00 bits per heavy atom. The minimum atomic E-state index is 0.137. The molecule has 1 aromatic rings. The number of hydrogen-bond donors (Lipinski definition) is 0. The first-order valence-electron chi connectivity index (χ1n) is 6.01. The van der Waals surface area contributed by atoms with E-state index in [1.165, 1.54) is 11.3 Å². The van der Waals surface area contributed by atoms with Crippen molar-refractivity contribution in [1.82, 2.24) is 0 Å². The van der Waals surface area contributed by atoms with Crippen molar-refractivity contribution < 1.29 is 4.79 Å². The molecule has 0 bridgehead atoms. The van der Waals surface area contributed by atoms with Crippen LogP contribution in [0.5, 0.6) is 0 Å². The number of Topliss-reactive ketones (excluding diaryl/α,β-unsaturated/α-hetero) is 1. The van der Waals surface area contributed by atoms with Crippen LogP contribution in [0.15, 0.2) is 18.2 Å². The van der Waals surface area contributed by atoms with Crippen molar-refractivity contribution in [2.75, 3.05) is 18.0 Å². The predicted molar refractivity (Wildman–Crippen MR) is 70.4 cm³/mol. The van der Waals surface area contributed by atoms with Gasteiger partial charge in [-0.15, -0.1) is 5.92 Å². The summed E-state index contributed by atoms with van der Waals surface area (Å²) in [6.45, 7) is 5.32. The van der Waals surface area contributed by atoms with Crippen LogP contribution in [0, 0.1) is 11.8 Å². The Bertz CT molecular complexity index is 493. The zero-order chi connectivity index (χ0) is 12.3. The molecule has 1 heterocycles. The first-order chi connectivity index (χ1) is 8.22. The van der Waals surface area contributed by atoms with E-state index >= 15 is 0 Å². The van der Waals surface area contributed by atoms with Gasteiger partial charge >= 0.3 is 0 Å². The summed E-state index contributed by atoms with van der Waals surface area (Å²) in [5.41, 5.74) is 3.33. The Morgan fingerprint density at radius 2 is 2.29 bits per heavy atom. The Kier molecular flexibility index (Phi) is 3.49. The number of rotatable bonds is 2. The third kappa shape index (κ3) is 2.50. The van der Waals surface area contributed by atoms with E-state index in [4.69, 9.17) is 0 Å². The standard InChI is InChI=1S/C15H17NO/c1-3-4-9-16-10-5-6-14-11-13(12(2)17)7-8-15(14)16/h7-8,11H,5-6,9-10H2,1-2H3. The quantitative estimate of drug-likeness (QED) is 0.572. The number of carbonyl (C=O) groups is 1. The van der Waals surface area contributed by atoms with E-state index < -0.39 is 0 Å². The normalized spacial score (nSPS) is 13.6. The summed E-state index contributed by atoms with van der Waals surface area (Å²) in [5, 5.41) is 0. The van der Waals surface area contributed by atoms with Gasteiger partial charge in [-0.05, 0) is 50.5 Å².